The molecule has 15 heavy (non-hydrogen) atoms. The summed E-state index contributed by atoms with van der Waals surface area (Å²) in [7, 11) is 1.21. The molecule has 2 rings (SSSR count). The fraction of sp³-hybridized carbons (Fsp3) is 0.300. The first kappa shape index (κ1) is 9.89. The molecule has 0 saturated carbocycles. The van der Waals surface area contributed by atoms with Crippen LogP contribution in [0.25, 0.3) is 0 Å². The highest BCUT2D eigenvalue weighted by Gasteiger charge is 2.27. The average molecular weight is 214 g/mol. The molecule has 0 aliphatic carbocycles. The van der Waals surface area contributed by atoms with E-state index in [9.17, 15) is 13.6 Å². The summed E-state index contributed by atoms with van der Waals surface area (Å²) >= 11 is 0. The van der Waals surface area contributed by atoms with Gasteiger partial charge in [0.05, 0.1) is 19.3 Å². The number of ether oxygens (including phenoxy) is 2. The number of hydrogen-bond acceptors (Lipinski definition) is 3. The lowest BCUT2D eigenvalue weighted by atomic mass is 10.0. The molecular weight excluding hydrogens is 206 g/mol. The maximum absolute atomic E-state index is 13.4. The Morgan fingerprint density at radius 2 is 2.13 bits per heavy atom. The lowest BCUT2D eigenvalue weighted by Crippen LogP contribution is -2.17. The van der Waals surface area contributed by atoms with Gasteiger partial charge in [0.1, 0.15) is 0 Å². The predicted octanol–water partition coefficient (Wildman–Crippen LogP) is 1.94. The van der Waals surface area contributed by atoms with Crippen LogP contribution in [0.1, 0.15) is 16.8 Å². The lowest BCUT2D eigenvalue weighted by molar-refractivity contribution is 0.0927. The van der Waals surface area contributed by atoms with Crippen LogP contribution < -0.4 is 9.47 Å². The van der Waals surface area contributed by atoms with E-state index in [2.05, 4.69) is 4.74 Å². The van der Waals surface area contributed by atoms with Crippen LogP contribution in [0, 0.1) is 11.6 Å². The number of halogens is 2. The number of Topliss-reactive ketones (excluding diaryl/α,β-unsaturated/α-hetero) is 1. The predicted molar refractivity (Wildman–Crippen MR) is 47.4 cm³/mol. The summed E-state index contributed by atoms with van der Waals surface area (Å²) in [5.41, 5.74) is 0.0389. The minimum Gasteiger partial charge on any atom is -0.494 e. The first-order valence-electron chi connectivity index (χ1n) is 4.37. The lowest BCUT2D eigenvalue weighted by Gasteiger charge is -2.18. The fourth-order valence-corrected chi connectivity index (χ4v) is 1.46. The molecular formula is C10H8F2O3. The van der Waals surface area contributed by atoms with Crippen LogP contribution in [0.5, 0.6) is 11.5 Å². The third-order valence-electron chi connectivity index (χ3n) is 2.22. The molecule has 80 valence electrons. The molecule has 0 atom stereocenters. The Labute approximate surface area is 84.6 Å². The van der Waals surface area contributed by atoms with Crippen LogP contribution in [-0.4, -0.2) is 19.5 Å². The summed E-state index contributed by atoms with van der Waals surface area (Å²) in [6.45, 7) is 0.0779. The molecule has 0 radical (unpaired) electrons. The van der Waals surface area contributed by atoms with Crippen LogP contribution in [0.2, 0.25) is 0 Å². The molecule has 5 heteroatoms. The van der Waals surface area contributed by atoms with Gasteiger partial charge in [0.2, 0.25) is 11.6 Å². The summed E-state index contributed by atoms with van der Waals surface area (Å²) in [5.74, 6) is -3.17. The van der Waals surface area contributed by atoms with Crippen LogP contribution in [0.3, 0.4) is 0 Å². The molecule has 1 heterocycles. The monoisotopic (exact) mass is 214 g/mol. The van der Waals surface area contributed by atoms with E-state index in [-0.39, 0.29) is 35.9 Å². The van der Waals surface area contributed by atoms with Crippen molar-refractivity contribution in [2.24, 2.45) is 0 Å². The molecule has 0 saturated heterocycles. The number of fused-ring (bicyclic) bond motifs is 1. The number of hydrogen-bond donors (Lipinski definition) is 0. The zero-order valence-corrected chi connectivity index (χ0v) is 7.97. The molecule has 1 aliphatic heterocycles. The highest BCUT2D eigenvalue weighted by Crippen LogP contribution is 2.34. The fourth-order valence-electron chi connectivity index (χ4n) is 1.46. The highest BCUT2D eigenvalue weighted by atomic mass is 19.2. The van der Waals surface area contributed by atoms with Gasteiger partial charge in [0.15, 0.2) is 17.3 Å². The van der Waals surface area contributed by atoms with Gasteiger partial charge >= 0.3 is 0 Å². The van der Waals surface area contributed by atoms with Crippen molar-refractivity contribution < 1.29 is 23.0 Å². The van der Waals surface area contributed by atoms with Gasteiger partial charge in [-0.05, 0) is 6.07 Å². The zero-order valence-electron chi connectivity index (χ0n) is 7.97. The van der Waals surface area contributed by atoms with Crippen LogP contribution in [0.15, 0.2) is 6.07 Å². The van der Waals surface area contributed by atoms with Crippen molar-refractivity contribution in [2.45, 2.75) is 6.42 Å². The molecule has 0 bridgehead atoms. The van der Waals surface area contributed by atoms with E-state index in [1.165, 1.54) is 7.11 Å². The molecule has 0 spiro atoms. The van der Waals surface area contributed by atoms with Gasteiger partial charge in [0.25, 0.3) is 0 Å². The van der Waals surface area contributed by atoms with Crippen molar-refractivity contribution in [3.05, 3.63) is 23.3 Å². The van der Waals surface area contributed by atoms with E-state index in [1.807, 2.05) is 0 Å². The molecule has 0 fully saturated rings. The van der Waals surface area contributed by atoms with Crippen LogP contribution in [-0.2, 0) is 0 Å². The maximum Gasteiger partial charge on any atom is 0.205 e. The van der Waals surface area contributed by atoms with Crippen LogP contribution in [0.4, 0.5) is 8.78 Å². The number of ketones is 1. The molecule has 1 aliphatic rings. The van der Waals surface area contributed by atoms with Crippen LogP contribution >= 0.6 is 0 Å². The maximum atomic E-state index is 13.4. The van der Waals surface area contributed by atoms with Gasteiger partial charge in [0, 0.05) is 6.42 Å². The Kier molecular flexibility index (Phi) is 2.30. The second kappa shape index (κ2) is 3.49. The standard InChI is InChI=1S/C10H8F2O3/c1-14-7-4-5-6(13)2-3-15-10(5)9(12)8(7)11/h4H,2-3H2,1H3. The van der Waals surface area contributed by atoms with Crippen molar-refractivity contribution in [3.8, 4) is 11.5 Å². The molecule has 0 amide bonds. The topological polar surface area (TPSA) is 35.5 Å². The van der Waals surface area contributed by atoms with Crippen molar-refractivity contribution in [3.63, 3.8) is 0 Å². The van der Waals surface area contributed by atoms with Gasteiger partial charge in [-0.15, -0.1) is 0 Å². The van der Waals surface area contributed by atoms with Crippen molar-refractivity contribution in [1.29, 1.82) is 0 Å². The van der Waals surface area contributed by atoms with E-state index in [0.29, 0.717) is 0 Å². The van der Waals surface area contributed by atoms with E-state index >= 15 is 0 Å². The number of methoxy groups -OCH3 is 1. The van der Waals surface area contributed by atoms with E-state index in [0.717, 1.165) is 6.07 Å². The Hall–Kier alpha value is -1.65. The van der Waals surface area contributed by atoms with Gasteiger partial charge in [-0.3, -0.25) is 4.79 Å². The minimum absolute atomic E-state index is 0.0389. The van der Waals surface area contributed by atoms with Gasteiger partial charge < -0.3 is 9.47 Å². The molecule has 0 unspecified atom stereocenters. The highest BCUT2D eigenvalue weighted by molar-refractivity contribution is 6.00. The minimum atomic E-state index is -1.17. The largest absolute Gasteiger partial charge is 0.494 e. The zero-order chi connectivity index (χ0) is 11.0. The smallest absolute Gasteiger partial charge is 0.205 e. The molecule has 1 aromatic carbocycles. The summed E-state index contributed by atoms with van der Waals surface area (Å²) < 4.78 is 36.1. The quantitative estimate of drug-likeness (QED) is 0.716. The summed E-state index contributed by atoms with van der Waals surface area (Å²) in [4.78, 5) is 11.4. The van der Waals surface area contributed by atoms with Gasteiger partial charge in [-0.2, -0.15) is 8.78 Å². The molecule has 3 nitrogen and oxygen atoms in total. The van der Waals surface area contributed by atoms with E-state index in [1.54, 1.807) is 0 Å². The Balaban J connectivity index is 2.66. The Bertz CT molecular complexity index is 429. The molecule has 1 aromatic rings. The Morgan fingerprint density at radius 3 is 2.80 bits per heavy atom. The average Bonchev–Trinajstić information content (AvgIpc) is 2.24. The second-order valence-corrected chi connectivity index (χ2v) is 3.11. The summed E-state index contributed by atoms with van der Waals surface area (Å²) in [5, 5.41) is 0. The third kappa shape index (κ3) is 1.44. The number of carbonyl (C=O) groups is 1. The van der Waals surface area contributed by atoms with Gasteiger partial charge in [-0.1, -0.05) is 0 Å². The third-order valence-corrected chi connectivity index (χ3v) is 2.22. The normalized spacial score (nSPS) is 14.5. The van der Waals surface area contributed by atoms with Crippen molar-refractivity contribution in [2.75, 3.05) is 13.7 Å². The molecule has 0 N–H and O–H groups in total. The Morgan fingerprint density at radius 1 is 1.40 bits per heavy atom. The number of benzene rings is 1. The van der Waals surface area contributed by atoms with Crippen molar-refractivity contribution in [1.82, 2.24) is 0 Å². The number of carbonyl (C=O) groups excluding carboxylic acids is 1. The second-order valence-electron chi connectivity index (χ2n) is 3.11. The van der Waals surface area contributed by atoms with E-state index in [4.69, 9.17) is 4.74 Å². The van der Waals surface area contributed by atoms with Gasteiger partial charge in [-0.25, -0.2) is 0 Å². The molecule has 0 aromatic heterocycles. The number of rotatable bonds is 1. The first-order chi connectivity index (χ1) is 7.15. The SMILES string of the molecule is COc1cc2c(c(F)c1F)OCCC2=O. The van der Waals surface area contributed by atoms with Crippen molar-refractivity contribution >= 4 is 5.78 Å². The first-order valence-corrected chi connectivity index (χ1v) is 4.37. The summed E-state index contributed by atoms with van der Waals surface area (Å²) in [6.07, 6.45) is 0.168. The summed E-state index contributed by atoms with van der Waals surface area (Å²) in [6, 6.07) is 1.16. The van der Waals surface area contributed by atoms with E-state index < -0.39 is 11.6 Å².